The third kappa shape index (κ3) is 6.02. The summed E-state index contributed by atoms with van der Waals surface area (Å²) < 4.78 is 0. The largest absolute Gasteiger partial charge is 0.480 e. The minimum Gasteiger partial charge on any atom is -0.480 e. The molecule has 1 aliphatic rings. The molecule has 0 unspecified atom stereocenters. The maximum Gasteiger partial charge on any atom is 0.317 e. The van der Waals surface area contributed by atoms with Gasteiger partial charge in [0.15, 0.2) is 0 Å². The van der Waals surface area contributed by atoms with Crippen molar-refractivity contribution in [1.29, 1.82) is 0 Å². The number of aliphatic carboxylic acids is 1. The molecule has 1 amide bonds. The number of amides is 1. The van der Waals surface area contributed by atoms with Crippen molar-refractivity contribution in [3.63, 3.8) is 0 Å². The van der Waals surface area contributed by atoms with E-state index >= 15 is 0 Å². The van der Waals surface area contributed by atoms with E-state index in [1.54, 1.807) is 11.8 Å². The first-order chi connectivity index (χ1) is 12.4. The maximum atomic E-state index is 12.5. The SMILES string of the molecule is CCN(CC(=O)O)C1CCN(C(=O)CSc2ccc(C(C)C)cc2)CC1. The lowest BCUT2D eigenvalue weighted by Crippen LogP contribution is -2.48. The van der Waals surface area contributed by atoms with Gasteiger partial charge in [-0.25, -0.2) is 0 Å². The molecule has 1 aromatic carbocycles. The number of carboxylic acids is 1. The Morgan fingerprint density at radius 1 is 1.23 bits per heavy atom. The molecule has 1 saturated heterocycles. The van der Waals surface area contributed by atoms with Gasteiger partial charge in [-0.1, -0.05) is 32.9 Å². The predicted octanol–water partition coefficient (Wildman–Crippen LogP) is 3.30. The monoisotopic (exact) mass is 378 g/mol. The minimum absolute atomic E-state index is 0.0807. The van der Waals surface area contributed by atoms with E-state index in [0.717, 1.165) is 24.3 Å². The van der Waals surface area contributed by atoms with E-state index in [0.29, 0.717) is 24.8 Å². The minimum atomic E-state index is -0.787. The van der Waals surface area contributed by atoms with Crippen LogP contribution < -0.4 is 0 Å². The molecule has 6 heteroatoms. The maximum absolute atomic E-state index is 12.5. The summed E-state index contributed by atoms with van der Waals surface area (Å²) in [6.45, 7) is 8.57. The third-order valence-electron chi connectivity index (χ3n) is 4.99. The van der Waals surface area contributed by atoms with Crippen LogP contribution in [0, 0.1) is 0 Å². The normalized spacial score (nSPS) is 15.7. The number of hydrogen-bond donors (Lipinski definition) is 1. The van der Waals surface area contributed by atoms with Gasteiger partial charge in [0.25, 0.3) is 0 Å². The highest BCUT2D eigenvalue weighted by Gasteiger charge is 2.27. The Balaban J connectivity index is 1.78. The van der Waals surface area contributed by atoms with Crippen LogP contribution in [0.3, 0.4) is 0 Å². The molecule has 1 fully saturated rings. The molecule has 0 spiro atoms. The number of hydrogen-bond acceptors (Lipinski definition) is 4. The molecule has 0 saturated carbocycles. The highest BCUT2D eigenvalue weighted by molar-refractivity contribution is 8.00. The van der Waals surface area contributed by atoms with E-state index in [2.05, 4.69) is 38.1 Å². The average Bonchev–Trinajstić information content (AvgIpc) is 2.64. The number of rotatable bonds is 8. The highest BCUT2D eigenvalue weighted by Crippen LogP contribution is 2.23. The number of piperidine rings is 1. The number of likely N-dealkylation sites (N-methyl/N-ethyl adjacent to an activating group) is 1. The lowest BCUT2D eigenvalue weighted by molar-refractivity contribution is -0.140. The molecule has 1 heterocycles. The summed E-state index contributed by atoms with van der Waals surface area (Å²) in [5.41, 5.74) is 1.31. The number of carbonyl (C=O) groups is 2. The summed E-state index contributed by atoms with van der Waals surface area (Å²) >= 11 is 1.58. The molecule has 1 aromatic rings. The third-order valence-corrected chi connectivity index (χ3v) is 5.98. The number of nitrogens with zero attached hydrogens (tertiary/aromatic N) is 2. The van der Waals surface area contributed by atoms with E-state index < -0.39 is 5.97 Å². The van der Waals surface area contributed by atoms with Crippen molar-refractivity contribution >= 4 is 23.6 Å². The van der Waals surface area contributed by atoms with Gasteiger partial charge in [0.05, 0.1) is 12.3 Å². The second-order valence-corrected chi connectivity index (χ2v) is 8.13. The van der Waals surface area contributed by atoms with Gasteiger partial charge in [-0.3, -0.25) is 14.5 Å². The fourth-order valence-electron chi connectivity index (χ4n) is 3.34. The molecule has 1 N–H and O–H groups in total. The molecule has 1 aliphatic heterocycles. The number of carboxylic acid groups (broad SMARTS) is 1. The fourth-order valence-corrected chi connectivity index (χ4v) is 4.14. The number of carbonyl (C=O) groups excluding carboxylic acids is 1. The van der Waals surface area contributed by atoms with Crippen LogP contribution in [0.1, 0.15) is 45.1 Å². The Labute approximate surface area is 160 Å². The zero-order chi connectivity index (χ0) is 19.1. The van der Waals surface area contributed by atoms with Crippen molar-refractivity contribution < 1.29 is 14.7 Å². The number of likely N-dealkylation sites (tertiary alicyclic amines) is 1. The van der Waals surface area contributed by atoms with Gasteiger partial charge < -0.3 is 10.0 Å². The van der Waals surface area contributed by atoms with Crippen molar-refractivity contribution in [3.05, 3.63) is 29.8 Å². The summed E-state index contributed by atoms with van der Waals surface area (Å²) in [6, 6.07) is 8.70. The molecular weight excluding hydrogens is 348 g/mol. The average molecular weight is 379 g/mol. The molecule has 0 atom stereocenters. The van der Waals surface area contributed by atoms with E-state index in [4.69, 9.17) is 5.11 Å². The molecule has 0 aromatic heterocycles. The van der Waals surface area contributed by atoms with E-state index in [9.17, 15) is 9.59 Å². The van der Waals surface area contributed by atoms with Crippen LogP contribution in [0.2, 0.25) is 0 Å². The predicted molar refractivity (Wildman–Crippen MR) is 106 cm³/mol. The van der Waals surface area contributed by atoms with Crippen LogP contribution in [-0.4, -0.2) is 64.8 Å². The van der Waals surface area contributed by atoms with Crippen molar-refractivity contribution in [2.24, 2.45) is 0 Å². The van der Waals surface area contributed by atoms with Gasteiger partial charge in [-0.15, -0.1) is 11.8 Å². The second kappa shape index (κ2) is 9.97. The Morgan fingerprint density at radius 3 is 2.35 bits per heavy atom. The van der Waals surface area contributed by atoms with Gasteiger partial charge in [0.2, 0.25) is 5.91 Å². The van der Waals surface area contributed by atoms with Crippen LogP contribution in [-0.2, 0) is 9.59 Å². The molecule has 0 aliphatic carbocycles. The lowest BCUT2D eigenvalue weighted by Gasteiger charge is -2.37. The molecule has 26 heavy (non-hydrogen) atoms. The molecule has 0 radical (unpaired) electrons. The highest BCUT2D eigenvalue weighted by atomic mass is 32.2. The lowest BCUT2D eigenvalue weighted by atomic mass is 10.0. The Bertz CT molecular complexity index is 596. The van der Waals surface area contributed by atoms with E-state index in [-0.39, 0.29) is 18.5 Å². The van der Waals surface area contributed by atoms with Gasteiger partial charge in [-0.05, 0) is 43.0 Å². The smallest absolute Gasteiger partial charge is 0.317 e. The van der Waals surface area contributed by atoms with Crippen molar-refractivity contribution in [3.8, 4) is 0 Å². The van der Waals surface area contributed by atoms with Crippen LogP contribution in [0.15, 0.2) is 29.2 Å². The van der Waals surface area contributed by atoms with Crippen molar-refractivity contribution in [2.45, 2.75) is 50.5 Å². The summed E-state index contributed by atoms with van der Waals surface area (Å²) in [4.78, 5) is 28.5. The topological polar surface area (TPSA) is 60.9 Å². The summed E-state index contributed by atoms with van der Waals surface area (Å²) in [6.07, 6.45) is 1.70. The van der Waals surface area contributed by atoms with Gasteiger partial charge >= 0.3 is 5.97 Å². The Hall–Kier alpha value is -1.53. The summed E-state index contributed by atoms with van der Waals surface area (Å²) in [5.74, 6) is 0.354. The molecule has 5 nitrogen and oxygen atoms in total. The van der Waals surface area contributed by atoms with Crippen LogP contribution in [0.25, 0.3) is 0 Å². The first-order valence-electron chi connectivity index (χ1n) is 9.37. The molecular formula is C20H30N2O3S. The van der Waals surface area contributed by atoms with Crippen LogP contribution in [0.4, 0.5) is 0 Å². The zero-order valence-electron chi connectivity index (χ0n) is 16.0. The number of thioether (sulfide) groups is 1. The first-order valence-corrected chi connectivity index (χ1v) is 10.4. The van der Waals surface area contributed by atoms with Crippen LogP contribution in [0.5, 0.6) is 0 Å². The van der Waals surface area contributed by atoms with Crippen molar-refractivity contribution in [1.82, 2.24) is 9.80 Å². The second-order valence-electron chi connectivity index (χ2n) is 7.08. The van der Waals surface area contributed by atoms with Gasteiger partial charge in [0, 0.05) is 24.0 Å². The Kier molecular flexibility index (Phi) is 7.97. The molecule has 0 bridgehead atoms. The molecule has 144 valence electrons. The quantitative estimate of drug-likeness (QED) is 0.703. The van der Waals surface area contributed by atoms with Gasteiger partial charge in [-0.2, -0.15) is 0 Å². The summed E-state index contributed by atoms with van der Waals surface area (Å²) in [7, 11) is 0. The van der Waals surface area contributed by atoms with Gasteiger partial charge in [0.1, 0.15) is 0 Å². The van der Waals surface area contributed by atoms with E-state index in [1.165, 1.54) is 5.56 Å². The first kappa shape index (κ1) is 20.8. The van der Waals surface area contributed by atoms with E-state index in [1.807, 2.05) is 16.7 Å². The summed E-state index contributed by atoms with van der Waals surface area (Å²) in [5, 5.41) is 9.00. The molecule has 2 rings (SSSR count). The van der Waals surface area contributed by atoms with Crippen molar-refractivity contribution in [2.75, 3.05) is 31.9 Å². The van der Waals surface area contributed by atoms with Crippen LogP contribution >= 0.6 is 11.8 Å². The Morgan fingerprint density at radius 2 is 1.85 bits per heavy atom. The number of benzene rings is 1. The fraction of sp³-hybridized carbons (Fsp3) is 0.600. The standard InChI is InChI=1S/C20H30N2O3S/c1-4-21(13-20(24)25)17-9-11-22(12-10-17)19(23)14-26-18-7-5-16(6-8-18)15(2)3/h5-8,15,17H,4,9-14H2,1-3H3,(H,24,25). The zero-order valence-corrected chi connectivity index (χ0v) is 16.8.